The van der Waals surface area contributed by atoms with Gasteiger partial charge in [-0.1, -0.05) is 55.5 Å². The zero-order valence-corrected chi connectivity index (χ0v) is 17.7. The van der Waals surface area contributed by atoms with Crippen molar-refractivity contribution in [3.05, 3.63) is 90.5 Å². The number of aromatic nitrogens is 1. The van der Waals surface area contributed by atoms with Gasteiger partial charge in [0, 0.05) is 16.6 Å². The molecular weight excluding hydrogens is 400 g/mol. The van der Waals surface area contributed by atoms with Crippen molar-refractivity contribution in [3.8, 4) is 17.2 Å². The molecule has 0 saturated carbocycles. The minimum atomic E-state index is -0.231. The lowest BCUT2D eigenvalue weighted by molar-refractivity contribution is -0.118. The topological polar surface area (TPSA) is 64.4 Å². The average Bonchev–Trinajstić information content (AvgIpc) is 3.28. The molecule has 1 heterocycles. The molecule has 0 bridgehead atoms. The molecule has 5 aromatic rings. The zero-order valence-electron chi connectivity index (χ0n) is 17.7. The Kier molecular flexibility index (Phi) is 5.30. The third-order valence-corrected chi connectivity index (χ3v) is 5.38. The van der Waals surface area contributed by atoms with Gasteiger partial charge < -0.3 is 14.5 Å². The Morgan fingerprint density at radius 3 is 2.66 bits per heavy atom. The van der Waals surface area contributed by atoms with E-state index in [9.17, 15) is 4.79 Å². The Bertz CT molecular complexity index is 1400. The van der Waals surface area contributed by atoms with Crippen molar-refractivity contribution in [1.82, 2.24) is 4.98 Å². The molecule has 4 aromatic carbocycles. The fourth-order valence-corrected chi connectivity index (χ4v) is 3.68. The molecule has 0 atom stereocenters. The van der Waals surface area contributed by atoms with Crippen LogP contribution in [0.3, 0.4) is 0 Å². The van der Waals surface area contributed by atoms with Crippen molar-refractivity contribution in [2.24, 2.45) is 0 Å². The third kappa shape index (κ3) is 4.05. The first-order chi connectivity index (χ1) is 15.7. The number of rotatable bonds is 6. The highest BCUT2D eigenvalue weighted by Gasteiger charge is 2.12. The van der Waals surface area contributed by atoms with E-state index in [0.717, 1.165) is 33.9 Å². The van der Waals surface area contributed by atoms with Crippen LogP contribution in [0, 0.1) is 0 Å². The van der Waals surface area contributed by atoms with Gasteiger partial charge in [0.2, 0.25) is 5.89 Å². The molecule has 0 aliphatic rings. The minimum Gasteiger partial charge on any atom is -0.484 e. The summed E-state index contributed by atoms with van der Waals surface area (Å²) in [7, 11) is 0. The number of carbonyl (C=O) groups excluding carboxylic acids is 1. The van der Waals surface area contributed by atoms with Gasteiger partial charge in [0.05, 0.1) is 0 Å². The summed E-state index contributed by atoms with van der Waals surface area (Å²) in [6, 6.07) is 27.3. The van der Waals surface area contributed by atoms with E-state index < -0.39 is 0 Å². The number of oxazole rings is 1. The standard InChI is InChI=1S/C27H22N2O3/c1-2-18-10-13-22(14-11-18)31-17-25(30)28-21-8-5-7-20(16-21)27-29-26-23-9-4-3-6-19(23)12-15-24(26)32-27/h3-16H,2,17H2,1H3,(H,28,30). The Morgan fingerprint density at radius 1 is 0.969 bits per heavy atom. The number of carbonyl (C=O) groups is 1. The summed E-state index contributed by atoms with van der Waals surface area (Å²) in [6.07, 6.45) is 0.966. The molecule has 1 N–H and O–H groups in total. The van der Waals surface area contributed by atoms with E-state index in [0.29, 0.717) is 17.3 Å². The highest BCUT2D eigenvalue weighted by atomic mass is 16.5. The fourth-order valence-electron chi connectivity index (χ4n) is 3.68. The van der Waals surface area contributed by atoms with Gasteiger partial charge in [-0.2, -0.15) is 0 Å². The van der Waals surface area contributed by atoms with Crippen molar-refractivity contribution in [1.29, 1.82) is 0 Å². The summed E-state index contributed by atoms with van der Waals surface area (Å²) >= 11 is 0. The predicted octanol–water partition coefficient (Wildman–Crippen LogP) is 6.23. The van der Waals surface area contributed by atoms with Crippen LogP contribution in [0.4, 0.5) is 5.69 Å². The number of anilines is 1. The van der Waals surface area contributed by atoms with Crippen LogP contribution in [0.5, 0.6) is 5.75 Å². The number of benzene rings is 4. The van der Waals surface area contributed by atoms with Crippen LogP contribution in [0.15, 0.2) is 89.3 Å². The lowest BCUT2D eigenvalue weighted by Gasteiger charge is -2.08. The van der Waals surface area contributed by atoms with E-state index in [1.807, 2.05) is 78.9 Å². The summed E-state index contributed by atoms with van der Waals surface area (Å²) in [6.45, 7) is 2.03. The predicted molar refractivity (Wildman–Crippen MR) is 127 cm³/mol. The Morgan fingerprint density at radius 2 is 1.81 bits per heavy atom. The molecule has 0 radical (unpaired) electrons. The van der Waals surface area contributed by atoms with Crippen LogP contribution in [0.1, 0.15) is 12.5 Å². The zero-order chi connectivity index (χ0) is 21.9. The van der Waals surface area contributed by atoms with Crippen LogP contribution in [0.2, 0.25) is 0 Å². The molecule has 5 heteroatoms. The number of ether oxygens (including phenoxy) is 1. The molecular formula is C27H22N2O3. The van der Waals surface area contributed by atoms with Gasteiger partial charge in [-0.05, 0) is 53.8 Å². The number of nitrogens with zero attached hydrogens (tertiary/aromatic N) is 1. The first kappa shape index (κ1) is 19.8. The molecule has 0 unspecified atom stereocenters. The van der Waals surface area contributed by atoms with Gasteiger partial charge in [0.1, 0.15) is 11.3 Å². The van der Waals surface area contributed by atoms with E-state index in [-0.39, 0.29) is 12.5 Å². The number of hydrogen-bond donors (Lipinski definition) is 1. The quantitative estimate of drug-likeness (QED) is 0.352. The summed E-state index contributed by atoms with van der Waals surface area (Å²) < 4.78 is 11.6. The number of hydrogen-bond acceptors (Lipinski definition) is 4. The van der Waals surface area contributed by atoms with Gasteiger partial charge in [0.15, 0.2) is 12.2 Å². The van der Waals surface area contributed by atoms with Gasteiger partial charge in [-0.25, -0.2) is 4.98 Å². The van der Waals surface area contributed by atoms with Crippen molar-refractivity contribution in [2.75, 3.05) is 11.9 Å². The monoisotopic (exact) mass is 422 g/mol. The fraction of sp³-hybridized carbons (Fsp3) is 0.111. The van der Waals surface area contributed by atoms with Crippen LogP contribution in [0.25, 0.3) is 33.3 Å². The second-order valence-corrected chi connectivity index (χ2v) is 7.57. The normalized spacial score (nSPS) is 11.0. The molecule has 5 rings (SSSR count). The minimum absolute atomic E-state index is 0.0649. The SMILES string of the molecule is CCc1ccc(OCC(=O)Nc2cccc(-c3nc4c(ccc5ccccc54)o3)c2)cc1. The van der Waals surface area contributed by atoms with Crippen LogP contribution >= 0.6 is 0 Å². The first-order valence-electron chi connectivity index (χ1n) is 10.6. The Hall–Kier alpha value is -4.12. The van der Waals surface area contributed by atoms with Gasteiger partial charge in [-0.3, -0.25) is 4.79 Å². The number of aryl methyl sites for hydroxylation is 1. The van der Waals surface area contributed by atoms with Crippen LogP contribution in [-0.2, 0) is 11.2 Å². The van der Waals surface area contributed by atoms with E-state index >= 15 is 0 Å². The molecule has 0 spiro atoms. The van der Waals surface area contributed by atoms with Crippen LogP contribution in [-0.4, -0.2) is 17.5 Å². The van der Waals surface area contributed by atoms with E-state index in [4.69, 9.17) is 14.1 Å². The molecule has 0 aliphatic heterocycles. The Balaban J connectivity index is 1.32. The largest absolute Gasteiger partial charge is 0.484 e. The molecule has 32 heavy (non-hydrogen) atoms. The van der Waals surface area contributed by atoms with Crippen molar-refractivity contribution in [2.45, 2.75) is 13.3 Å². The molecule has 1 aromatic heterocycles. The summed E-state index contributed by atoms with van der Waals surface area (Å²) in [5, 5.41) is 5.04. The van der Waals surface area contributed by atoms with Crippen molar-refractivity contribution < 1.29 is 13.9 Å². The third-order valence-electron chi connectivity index (χ3n) is 5.38. The second-order valence-electron chi connectivity index (χ2n) is 7.57. The molecule has 0 fully saturated rings. The molecule has 0 saturated heterocycles. The maximum absolute atomic E-state index is 12.4. The number of amides is 1. The van der Waals surface area contributed by atoms with Crippen molar-refractivity contribution >= 4 is 33.5 Å². The number of fused-ring (bicyclic) bond motifs is 3. The average molecular weight is 422 g/mol. The number of nitrogens with one attached hydrogen (secondary N) is 1. The van der Waals surface area contributed by atoms with Crippen molar-refractivity contribution in [3.63, 3.8) is 0 Å². The summed E-state index contributed by atoms with van der Waals surface area (Å²) in [5.41, 5.74) is 4.24. The Labute approximate surface area is 185 Å². The van der Waals surface area contributed by atoms with Gasteiger partial charge >= 0.3 is 0 Å². The van der Waals surface area contributed by atoms with Crippen LogP contribution < -0.4 is 10.1 Å². The maximum atomic E-state index is 12.4. The molecule has 5 nitrogen and oxygen atoms in total. The lowest BCUT2D eigenvalue weighted by atomic mass is 10.1. The molecule has 1 amide bonds. The van der Waals surface area contributed by atoms with E-state index in [2.05, 4.69) is 18.3 Å². The molecule has 0 aliphatic carbocycles. The smallest absolute Gasteiger partial charge is 0.262 e. The van der Waals surface area contributed by atoms with Gasteiger partial charge in [0.25, 0.3) is 5.91 Å². The molecule has 158 valence electrons. The lowest BCUT2D eigenvalue weighted by Crippen LogP contribution is -2.20. The maximum Gasteiger partial charge on any atom is 0.262 e. The summed E-state index contributed by atoms with van der Waals surface area (Å²) in [5.74, 6) is 0.954. The highest BCUT2D eigenvalue weighted by molar-refractivity contribution is 6.04. The highest BCUT2D eigenvalue weighted by Crippen LogP contribution is 2.30. The van der Waals surface area contributed by atoms with E-state index in [1.54, 1.807) is 0 Å². The second kappa shape index (κ2) is 8.55. The summed E-state index contributed by atoms with van der Waals surface area (Å²) in [4.78, 5) is 17.1. The van der Waals surface area contributed by atoms with E-state index in [1.165, 1.54) is 5.56 Å². The van der Waals surface area contributed by atoms with Gasteiger partial charge in [-0.15, -0.1) is 0 Å². The first-order valence-corrected chi connectivity index (χ1v) is 10.6.